The highest BCUT2D eigenvalue weighted by molar-refractivity contribution is 5.49. The summed E-state index contributed by atoms with van der Waals surface area (Å²) in [7, 11) is 0. The molecule has 0 amide bonds. The van der Waals surface area contributed by atoms with Crippen LogP contribution < -0.4 is 5.32 Å². The minimum Gasteiger partial charge on any atom is -0.378 e. The van der Waals surface area contributed by atoms with Gasteiger partial charge in [-0.25, -0.2) is 8.78 Å². The minimum atomic E-state index is -0.487. The Bertz CT molecular complexity index is 431. The average Bonchev–Trinajstić information content (AvgIpc) is 2.64. The molecule has 19 heavy (non-hydrogen) atoms. The van der Waals surface area contributed by atoms with E-state index in [0.717, 1.165) is 31.6 Å². The molecular formula is C16H23F2N. The van der Waals surface area contributed by atoms with Crippen LogP contribution in [0.25, 0.3) is 0 Å². The van der Waals surface area contributed by atoms with Gasteiger partial charge < -0.3 is 5.32 Å². The third-order valence-electron chi connectivity index (χ3n) is 4.30. The summed E-state index contributed by atoms with van der Waals surface area (Å²) in [4.78, 5) is 0. The molecule has 0 saturated heterocycles. The number of hydrogen-bond acceptors (Lipinski definition) is 1. The molecule has 3 heteroatoms. The number of hydrogen-bond donors (Lipinski definition) is 1. The van der Waals surface area contributed by atoms with Gasteiger partial charge in [0.25, 0.3) is 0 Å². The molecule has 1 aromatic carbocycles. The molecule has 2 atom stereocenters. The van der Waals surface area contributed by atoms with Gasteiger partial charge in [-0.2, -0.15) is 0 Å². The van der Waals surface area contributed by atoms with Crippen LogP contribution in [0.15, 0.2) is 12.1 Å². The fourth-order valence-corrected chi connectivity index (χ4v) is 2.92. The van der Waals surface area contributed by atoms with Crippen LogP contribution in [-0.2, 0) is 0 Å². The molecule has 2 rings (SSSR count). The van der Waals surface area contributed by atoms with E-state index in [1.54, 1.807) is 6.92 Å². The van der Waals surface area contributed by atoms with Crippen LogP contribution in [0.2, 0.25) is 0 Å². The number of anilines is 1. The van der Waals surface area contributed by atoms with Crippen molar-refractivity contribution >= 4 is 5.69 Å². The van der Waals surface area contributed by atoms with E-state index >= 15 is 0 Å². The van der Waals surface area contributed by atoms with Crippen molar-refractivity contribution in [1.82, 2.24) is 0 Å². The SMILES string of the molecule is CCC1CCCC(Nc2c(F)ccc(C)c2F)CC1. The zero-order valence-corrected chi connectivity index (χ0v) is 11.8. The number of aryl methyl sites for hydroxylation is 1. The Morgan fingerprint density at radius 1 is 1.16 bits per heavy atom. The summed E-state index contributed by atoms with van der Waals surface area (Å²) in [6.45, 7) is 3.89. The minimum absolute atomic E-state index is 0.0555. The van der Waals surface area contributed by atoms with E-state index in [1.165, 1.54) is 25.0 Å². The van der Waals surface area contributed by atoms with E-state index in [1.807, 2.05) is 0 Å². The highest BCUT2D eigenvalue weighted by Gasteiger charge is 2.20. The van der Waals surface area contributed by atoms with E-state index in [2.05, 4.69) is 12.2 Å². The van der Waals surface area contributed by atoms with Crippen LogP contribution in [0.4, 0.5) is 14.5 Å². The first-order valence-electron chi connectivity index (χ1n) is 7.33. The van der Waals surface area contributed by atoms with Gasteiger partial charge in [-0.15, -0.1) is 0 Å². The molecule has 1 aromatic rings. The Kier molecular flexibility index (Phi) is 4.78. The molecule has 0 radical (unpaired) electrons. The molecule has 106 valence electrons. The lowest BCUT2D eigenvalue weighted by molar-refractivity contribution is 0.444. The highest BCUT2D eigenvalue weighted by atomic mass is 19.1. The molecule has 1 aliphatic carbocycles. The lowest BCUT2D eigenvalue weighted by atomic mass is 9.98. The normalized spacial score (nSPS) is 24.0. The van der Waals surface area contributed by atoms with Gasteiger partial charge in [0.1, 0.15) is 11.5 Å². The molecule has 0 aromatic heterocycles. The lowest BCUT2D eigenvalue weighted by Crippen LogP contribution is -2.20. The van der Waals surface area contributed by atoms with Gasteiger partial charge in [0.05, 0.1) is 0 Å². The molecule has 1 nitrogen and oxygen atoms in total. The average molecular weight is 267 g/mol. The van der Waals surface area contributed by atoms with Crippen LogP contribution in [0.1, 0.15) is 51.0 Å². The second kappa shape index (κ2) is 6.36. The summed E-state index contributed by atoms with van der Waals surface area (Å²) in [5.74, 6) is -0.158. The largest absolute Gasteiger partial charge is 0.378 e. The molecule has 1 fully saturated rings. The van der Waals surface area contributed by atoms with Crippen molar-refractivity contribution in [2.75, 3.05) is 5.32 Å². The second-order valence-electron chi connectivity index (χ2n) is 5.68. The van der Waals surface area contributed by atoms with Crippen molar-refractivity contribution < 1.29 is 8.78 Å². The molecule has 1 N–H and O–H groups in total. The first kappa shape index (κ1) is 14.3. The summed E-state index contributed by atoms with van der Waals surface area (Å²) in [5.41, 5.74) is 0.545. The zero-order chi connectivity index (χ0) is 13.8. The third-order valence-corrected chi connectivity index (χ3v) is 4.30. The third kappa shape index (κ3) is 3.46. The van der Waals surface area contributed by atoms with Crippen LogP contribution in [0.5, 0.6) is 0 Å². The van der Waals surface area contributed by atoms with Crippen molar-refractivity contribution in [2.24, 2.45) is 5.92 Å². The van der Waals surface area contributed by atoms with Gasteiger partial charge in [0, 0.05) is 6.04 Å². The second-order valence-corrected chi connectivity index (χ2v) is 5.68. The topological polar surface area (TPSA) is 12.0 Å². The monoisotopic (exact) mass is 267 g/mol. The van der Waals surface area contributed by atoms with Crippen molar-refractivity contribution in [3.05, 3.63) is 29.3 Å². The standard InChI is InChI=1S/C16H23F2N/c1-3-12-5-4-6-13(9-8-12)19-16-14(17)10-7-11(2)15(16)18/h7,10,12-13,19H,3-6,8-9H2,1-2H3. The van der Waals surface area contributed by atoms with Crippen molar-refractivity contribution in [1.29, 1.82) is 0 Å². The maximum absolute atomic E-state index is 14.0. The molecule has 2 unspecified atom stereocenters. The summed E-state index contributed by atoms with van der Waals surface area (Å²) >= 11 is 0. The van der Waals surface area contributed by atoms with E-state index in [4.69, 9.17) is 0 Å². The molecule has 1 saturated carbocycles. The molecule has 1 aliphatic rings. The summed E-state index contributed by atoms with van der Waals surface area (Å²) in [5, 5.41) is 3.09. The van der Waals surface area contributed by atoms with Crippen LogP contribution in [-0.4, -0.2) is 6.04 Å². The fourth-order valence-electron chi connectivity index (χ4n) is 2.92. The molecular weight excluding hydrogens is 244 g/mol. The van der Waals surface area contributed by atoms with Gasteiger partial charge in [-0.05, 0) is 43.7 Å². The lowest BCUT2D eigenvalue weighted by Gasteiger charge is -2.19. The Balaban J connectivity index is 2.07. The van der Waals surface area contributed by atoms with E-state index in [-0.39, 0.29) is 11.7 Å². The fraction of sp³-hybridized carbons (Fsp3) is 0.625. The molecule has 0 heterocycles. The van der Waals surface area contributed by atoms with E-state index in [0.29, 0.717) is 5.56 Å². The maximum Gasteiger partial charge on any atom is 0.152 e. The Morgan fingerprint density at radius 3 is 2.68 bits per heavy atom. The number of rotatable bonds is 3. The Morgan fingerprint density at radius 2 is 1.95 bits per heavy atom. The smallest absolute Gasteiger partial charge is 0.152 e. The van der Waals surface area contributed by atoms with Crippen LogP contribution in [0.3, 0.4) is 0 Å². The van der Waals surface area contributed by atoms with Crippen molar-refractivity contribution in [3.63, 3.8) is 0 Å². The summed E-state index contributed by atoms with van der Waals surface area (Å²) in [6, 6.07) is 3.02. The highest BCUT2D eigenvalue weighted by Crippen LogP contribution is 2.29. The number of nitrogens with one attached hydrogen (secondary N) is 1. The summed E-state index contributed by atoms with van der Waals surface area (Å²) < 4.78 is 27.7. The van der Waals surface area contributed by atoms with Gasteiger partial charge in [0.15, 0.2) is 5.82 Å². The first-order chi connectivity index (χ1) is 9.11. The Labute approximate surface area is 114 Å². The van der Waals surface area contributed by atoms with Gasteiger partial charge in [0.2, 0.25) is 0 Å². The van der Waals surface area contributed by atoms with Gasteiger partial charge in [-0.1, -0.05) is 32.3 Å². The van der Waals surface area contributed by atoms with E-state index < -0.39 is 11.6 Å². The maximum atomic E-state index is 14.0. The van der Waals surface area contributed by atoms with Crippen molar-refractivity contribution in [3.8, 4) is 0 Å². The quantitative estimate of drug-likeness (QED) is 0.756. The summed E-state index contributed by atoms with van der Waals surface area (Å²) in [6.07, 6.45) is 6.76. The van der Waals surface area contributed by atoms with Gasteiger partial charge in [-0.3, -0.25) is 0 Å². The Hall–Kier alpha value is -1.12. The predicted octanol–water partition coefficient (Wildman–Crippen LogP) is 5.04. The first-order valence-corrected chi connectivity index (χ1v) is 7.33. The van der Waals surface area contributed by atoms with Crippen LogP contribution in [0, 0.1) is 24.5 Å². The van der Waals surface area contributed by atoms with Crippen LogP contribution >= 0.6 is 0 Å². The van der Waals surface area contributed by atoms with E-state index in [9.17, 15) is 8.78 Å². The number of benzene rings is 1. The zero-order valence-electron chi connectivity index (χ0n) is 11.8. The molecule has 0 spiro atoms. The molecule has 0 aliphatic heterocycles. The molecule has 0 bridgehead atoms. The van der Waals surface area contributed by atoms with Crippen molar-refractivity contribution in [2.45, 2.75) is 58.4 Å². The predicted molar refractivity (Wildman–Crippen MR) is 75.4 cm³/mol. The number of halogens is 2. The van der Waals surface area contributed by atoms with Gasteiger partial charge >= 0.3 is 0 Å².